The second-order valence-electron chi connectivity index (χ2n) is 7.69. The molecule has 1 amide bonds. The molecule has 8 heteroatoms. The molecule has 0 saturated heterocycles. The lowest BCUT2D eigenvalue weighted by atomic mass is 10.1. The fourth-order valence-electron chi connectivity index (χ4n) is 3.38. The number of carbonyl (C=O) groups excluding carboxylic acids is 1. The number of amides is 1. The molecule has 0 spiro atoms. The van der Waals surface area contributed by atoms with Crippen molar-refractivity contribution in [1.82, 2.24) is 5.32 Å². The Kier molecular flexibility index (Phi) is 8.02. The predicted molar refractivity (Wildman–Crippen MR) is 135 cm³/mol. The summed E-state index contributed by atoms with van der Waals surface area (Å²) in [5, 5.41) is 12.1. The third kappa shape index (κ3) is 6.53. The van der Waals surface area contributed by atoms with Gasteiger partial charge in [0.15, 0.2) is 5.78 Å². The summed E-state index contributed by atoms with van der Waals surface area (Å²) in [4.78, 5) is 12.9. The summed E-state index contributed by atoms with van der Waals surface area (Å²) in [6.45, 7) is 0.0149. The van der Waals surface area contributed by atoms with Crippen LogP contribution in [0.1, 0.15) is 22.5 Å². The number of carbonyl (C=O) groups is 1. The number of benzene rings is 4. The van der Waals surface area contributed by atoms with E-state index in [-0.39, 0.29) is 18.1 Å². The molecule has 0 aliphatic rings. The van der Waals surface area contributed by atoms with Gasteiger partial charge in [-0.25, -0.2) is 9.36 Å². The van der Waals surface area contributed by atoms with E-state index in [1.807, 2.05) is 30.3 Å². The molecule has 1 unspecified atom stereocenters. The number of nitrogens with one attached hydrogen (secondary N) is 1. The first-order valence-corrected chi connectivity index (χ1v) is 12.7. The fraction of sp³-hybridized carbons (Fsp3) is 0.0714. The molecule has 1 atom stereocenters. The first-order chi connectivity index (χ1) is 17.6. The Labute approximate surface area is 209 Å². The van der Waals surface area contributed by atoms with Crippen molar-refractivity contribution in [3.05, 3.63) is 132 Å². The van der Waals surface area contributed by atoms with E-state index in [4.69, 9.17) is 13.8 Å². The van der Waals surface area contributed by atoms with E-state index in [9.17, 15) is 14.6 Å². The van der Waals surface area contributed by atoms with Gasteiger partial charge in [0.2, 0.25) is 0 Å². The van der Waals surface area contributed by atoms with Gasteiger partial charge < -0.3 is 19.1 Å². The largest absolute Gasteiger partial charge is 0.457 e. The van der Waals surface area contributed by atoms with Crippen LogP contribution in [0.2, 0.25) is 0 Å². The summed E-state index contributed by atoms with van der Waals surface area (Å²) in [6.07, 6.45) is -0.820. The molecule has 0 bridgehead atoms. The molecular formula is C28H23N2O5P. The molecule has 0 aromatic heterocycles. The first-order valence-electron chi connectivity index (χ1n) is 11.1. The Bertz CT molecular complexity index is 1330. The molecule has 4 aromatic rings. The van der Waals surface area contributed by atoms with Crippen molar-refractivity contribution in [3.63, 3.8) is 0 Å². The Morgan fingerprint density at radius 1 is 0.806 bits per heavy atom. The van der Waals surface area contributed by atoms with E-state index in [0.717, 1.165) is 5.56 Å². The lowest BCUT2D eigenvalue weighted by Crippen LogP contribution is -2.31. The number of nitrogens with zero attached hydrogens (tertiary/aromatic N) is 1. The number of nitriles is 1. The van der Waals surface area contributed by atoms with E-state index < -0.39 is 19.5 Å². The van der Waals surface area contributed by atoms with Crippen LogP contribution >= 0.6 is 7.60 Å². The first kappa shape index (κ1) is 24.6. The lowest BCUT2D eigenvalue weighted by Gasteiger charge is -2.28. The summed E-state index contributed by atoms with van der Waals surface area (Å²) < 4.78 is 31.7. The Balaban J connectivity index is 1.70. The number of ether oxygens (including phenoxy) is 1. The van der Waals surface area contributed by atoms with Crippen molar-refractivity contribution in [3.8, 4) is 17.6 Å². The maximum Gasteiger partial charge on any atom is 0.457 e. The van der Waals surface area contributed by atoms with E-state index in [1.165, 1.54) is 6.07 Å². The molecule has 0 saturated carbocycles. The third-order valence-electron chi connectivity index (χ3n) is 5.07. The SMILES string of the molecule is N#Cc1cccc(C(NC(=O)OCc2ccccc2)P(=O)(Oc2ccccc2)Oc2ccccc2)c1. The van der Waals surface area contributed by atoms with Crippen LogP contribution in [0.25, 0.3) is 0 Å². The van der Waals surface area contributed by atoms with Crippen LogP contribution < -0.4 is 14.4 Å². The molecular weight excluding hydrogens is 475 g/mol. The number of para-hydroxylation sites is 2. The summed E-state index contributed by atoms with van der Waals surface area (Å²) in [5.74, 6) is -0.704. The number of rotatable bonds is 9. The summed E-state index contributed by atoms with van der Waals surface area (Å²) in [5.41, 5.74) is 1.48. The Hall–Kier alpha value is -4.53. The zero-order valence-electron chi connectivity index (χ0n) is 19.2. The summed E-state index contributed by atoms with van der Waals surface area (Å²) in [7, 11) is -4.20. The number of hydrogen-bond donors (Lipinski definition) is 1. The van der Waals surface area contributed by atoms with Crippen LogP contribution in [0.4, 0.5) is 4.79 Å². The average molecular weight is 498 g/mol. The van der Waals surface area contributed by atoms with Gasteiger partial charge in [-0.15, -0.1) is 0 Å². The van der Waals surface area contributed by atoms with Crippen molar-refractivity contribution in [1.29, 1.82) is 5.26 Å². The van der Waals surface area contributed by atoms with Gasteiger partial charge in [0.25, 0.3) is 0 Å². The second-order valence-corrected chi connectivity index (χ2v) is 9.66. The van der Waals surface area contributed by atoms with Gasteiger partial charge >= 0.3 is 13.7 Å². The zero-order chi connectivity index (χ0) is 25.2. The van der Waals surface area contributed by atoms with Crippen molar-refractivity contribution in [2.75, 3.05) is 0 Å². The van der Waals surface area contributed by atoms with Gasteiger partial charge in [0.1, 0.15) is 18.1 Å². The standard InChI is InChI=1S/C28H23N2O5P/c29-20-23-13-10-14-24(19-23)27(30-28(31)33-21-22-11-4-1-5-12-22)36(32,34-25-15-6-2-7-16-25)35-26-17-8-3-9-18-26/h1-19,27H,21H2,(H,30,31). The minimum Gasteiger partial charge on any atom is -0.445 e. The van der Waals surface area contributed by atoms with Gasteiger partial charge in [-0.05, 0) is 47.5 Å². The van der Waals surface area contributed by atoms with Crippen LogP contribution in [-0.4, -0.2) is 6.09 Å². The number of alkyl carbamates (subject to hydrolysis) is 1. The van der Waals surface area contributed by atoms with Crippen LogP contribution in [-0.2, 0) is 15.9 Å². The molecule has 36 heavy (non-hydrogen) atoms. The highest BCUT2D eigenvalue weighted by Crippen LogP contribution is 2.59. The van der Waals surface area contributed by atoms with E-state index in [2.05, 4.69) is 11.4 Å². The summed E-state index contributed by atoms with van der Waals surface area (Å²) in [6, 6.07) is 34.7. The van der Waals surface area contributed by atoms with E-state index >= 15 is 0 Å². The normalized spacial score (nSPS) is 11.5. The molecule has 0 heterocycles. The van der Waals surface area contributed by atoms with Gasteiger partial charge in [-0.3, -0.25) is 0 Å². The highest BCUT2D eigenvalue weighted by molar-refractivity contribution is 7.55. The van der Waals surface area contributed by atoms with Crippen LogP contribution in [0, 0.1) is 11.3 Å². The predicted octanol–water partition coefficient (Wildman–Crippen LogP) is 6.83. The minimum atomic E-state index is -4.20. The average Bonchev–Trinajstić information content (AvgIpc) is 2.92. The van der Waals surface area contributed by atoms with Crippen molar-refractivity contribution in [2.45, 2.75) is 12.4 Å². The van der Waals surface area contributed by atoms with E-state index in [0.29, 0.717) is 11.1 Å². The highest BCUT2D eigenvalue weighted by Gasteiger charge is 2.42. The van der Waals surface area contributed by atoms with Gasteiger partial charge in [-0.1, -0.05) is 78.9 Å². The molecule has 1 N–H and O–H groups in total. The molecule has 0 radical (unpaired) electrons. The van der Waals surface area contributed by atoms with Crippen LogP contribution in [0.3, 0.4) is 0 Å². The van der Waals surface area contributed by atoms with Crippen LogP contribution in [0.5, 0.6) is 11.5 Å². The molecule has 0 aliphatic carbocycles. The molecule has 4 aromatic carbocycles. The maximum absolute atomic E-state index is 14.5. The molecule has 0 aliphatic heterocycles. The van der Waals surface area contributed by atoms with Crippen LogP contribution in [0.15, 0.2) is 115 Å². The smallest absolute Gasteiger partial charge is 0.445 e. The fourth-order valence-corrected chi connectivity index (χ4v) is 5.25. The molecule has 4 rings (SSSR count). The Morgan fingerprint density at radius 3 is 1.92 bits per heavy atom. The lowest BCUT2D eigenvalue weighted by molar-refractivity contribution is 0.137. The molecule has 180 valence electrons. The van der Waals surface area contributed by atoms with E-state index in [1.54, 1.807) is 78.9 Å². The topological polar surface area (TPSA) is 97.7 Å². The van der Waals surface area contributed by atoms with Crippen molar-refractivity contribution < 1.29 is 23.1 Å². The third-order valence-corrected chi connectivity index (χ3v) is 7.06. The van der Waals surface area contributed by atoms with Gasteiger partial charge in [0.05, 0.1) is 11.6 Å². The summed E-state index contributed by atoms with van der Waals surface area (Å²) >= 11 is 0. The zero-order valence-corrected chi connectivity index (χ0v) is 20.1. The highest BCUT2D eigenvalue weighted by atomic mass is 31.2. The quantitative estimate of drug-likeness (QED) is 0.254. The van der Waals surface area contributed by atoms with Gasteiger partial charge in [0, 0.05) is 0 Å². The molecule has 0 fully saturated rings. The number of hydrogen-bond acceptors (Lipinski definition) is 6. The Morgan fingerprint density at radius 2 is 1.36 bits per heavy atom. The second kappa shape index (κ2) is 11.7. The van der Waals surface area contributed by atoms with Gasteiger partial charge in [-0.2, -0.15) is 5.26 Å². The monoisotopic (exact) mass is 498 g/mol. The van der Waals surface area contributed by atoms with Crippen molar-refractivity contribution in [2.24, 2.45) is 0 Å². The minimum absolute atomic E-state index is 0.0149. The maximum atomic E-state index is 14.5. The van der Waals surface area contributed by atoms with Crippen molar-refractivity contribution >= 4 is 13.7 Å². The molecule has 7 nitrogen and oxygen atoms in total.